The largest absolute Gasteiger partial charge is 0.508 e. The Morgan fingerprint density at radius 1 is 1.43 bits per heavy atom. The lowest BCUT2D eigenvalue weighted by Gasteiger charge is -2.17. The molecule has 4 heteroatoms. The van der Waals surface area contributed by atoms with Crippen LogP contribution in [-0.4, -0.2) is 24.7 Å². The molecule has 0 fully saturated rings. The van der Waals surface area contributed by atoms with Crippen molar-refractivity contribution in [3.8, 4) is 5.75 Å². The van der Waals surface area contributed by atoms with E-state index in [1.807, 2.05) is 6.92 Å². The molecule has 0 spiro atoms. The summed E-state index contributed by atoms with van der Waals surface area (Å²) in [5, 5.41) is 11.7. The zero-order valence-corrected chi connectivity index (χ0v) is 8.32. The smallest absolute Gasteiger partial charge is 0.321 e. The number of aromatic hydroxyl groups is 1. The molecule has 0 radical (unpaired) electrons. The number of phenolic OH excluding ortho intramolecular Hbond substituents is 1. The molecule has 1 aromatic rings. The lowest BCUT2D eigenvalue weighted by molar-refractivity contribution is 0.248. The molecule has 0 heterocycles. The van der Waals surface area contributed by atoms with Crippen LogP contribution in [0.1, 0.15) is 6.92 Å². The van der Waals surface area contributed by atoms with Gasteiger partial charge in [0.15, 0.2) is 0 Å². The maximum Gasteiger partial charge on any atom is 0.321 e. The van der Waals surface area contributed by atoms with E-state index in [1.165, 1.54) is 4.90 Å². The molecule has 1 aromatic carbocycles. The van der Waals surface area contributed by atoms with Crippen LogP contribution in [0.4, 0.5) is 10.5 Å². The number of carbonyl (C=O) groups is 1. The average Bonchev–Trinajstić information content (AvgIpc) is 2.18. The minimum absolute atomic E-state index is 0.154. The van der Waals surface area contributed by atoms with Crippen LogP contribution in [0, 0.1) is 0 Å². The van der Waals surface area contributed by atoms with Crippen LogP contribution in [0.5, 0.6) is 5.75 Å². The molecule has 14 heavy (non-hydrogen) atoms. The number of nitrogens with zero attached hydrogens (tertiary/aromatic N) is 1. The first-order chi connectivity index (χ1) is 6.65. The summed E-state index contributed by atoms with van der Waals surface area (Å²) in [5.41, 5.74) is 0.744. The Morgan fingerprint density at radius 2 is 2.00 bits per heavy atom. The highest BCUT2D eigenvalue weighted by molar-refractivity contribution is 5.91. The Kier molecular flexibility index (Phi) is 3.34. The zero-order chi connectivity index (χ0) is 10.6. The fraction of sp³-hybridized carbons (Fsp3) is 0.300. The van der Waals surface area contributed by atoms with Crippen molar-refractivity contribution in [3.05, 3.63) is 24.3 Å². The van der Waals surface area contributed by atoms with E-state index in [0.29, 0.717) is 6.54 Å². The summed E-state index contributed by atoms with van der Waals surface area (Å²) in [6.45, 7) is 2.46. The summed E-state index contributed by atoms with van der Waals surface area (Å²) in [5.74, 6) is 0.193. The van der Waals surface area contributed by atoms with Crippen LogP contribution in [0.3, 0.4) is 0 Å². The SMILES string of the molecule is CCNC(=O)N(C)c1ccc(O)cc1. The summed E-state index contributed by atoms with van der Waals surface area (Å²) in [7, 11) is 1.68. The number of phenols is 1. The number of nitrogens with one attached hydrogen (secondary N) is 1. The molecule has 0 unspecified atom stereocenters. The number of rotatable bonds is 2. The van der Waals surface area contributed by atoms with Gasteiger partial charge < -0.3 is 10.4 Å². The normalized spacial score (nSPS) is 9.57. The molecular weight excluding hydrogens is 180 g/mol. The van der Waals surface area contributed by atoms with E-state index in [4.69, 9.17) is 5.11 Å². The van der Waals surface area contributed by atoms with Gasteiger partial charge in [-0.15, -0.1) is 0 Å². The van der Waals surface area contributed by atoms with Crippen LogP contribution in [0.2, 0.25) is 0 Å². The van der Waals surface area contributed by atoms with Crippen LogP contribution in [0.15, 0.2) is 24.3 Å². The zero-order valence-electron chi connectivity index (χ0n) is 8.32. The van der Waals surface area contributed by atoms with Crippen molar-refractivity contribution < 1.29 is 9.90 Å². The molecule has 0 aliphatic carbocycles. The maximum atomic E-state index is 11.4. The van der Waals surface area contributed by atoms with Crippen molar-refractivity contribution in [2.45, 2.75) is 6.92 Å². The van der Waals surface area contributed by atoms with Crippen molar-refractivity contribution in [3.63, 3.8) is 0 Å². The Morgan fingerprint density at radius 3 is 2.50 bits per heavy atom. The van der Waals surface area contributed by atoms with Gasteiger partial charge in [0.05, 0.1) is 0 Å². The first kappa shape index (κ1) is 10.4. The standard InChI is InChI=1S/C10H14N2O2/c1-3-11-10(14)12(2)8-4-6-9(13)7-5-8/h4-7,13H,3H2,1-2H3,(H,11,14). The van der Waals surface area contributed by atoms with Crippen LogP contribution < -0.4 is 10.2 Å². The predicted octanol–water partition coefficient (Wildman–Crippen LogP) is 1.56. The summed E-state index contributed by atoms with van der Waals surface area (Å²) in [6, 6.07) is 6.31. The molecule has 2 amide bonds. The lowest BCUT2D eigenvalue weighted by Crippen LogP contribution is -2.36. The van der Waals surface area contributed by atoms with E-state index in [-0.39, 0.29) is 11.8 Å². The number of hydrogen-bond acceptors (Lipinski definition) is 2. The molecule has 0 saturated heterocycles. The van der Waals surface area contributed by atoms with Gasteiger partial charge in [-0.3, -0.25) is 4.90 Å². The van der Waals surface area contributed by atoms with Gasteiger partial charge in [-0.1, -0.05) is 0 Å². The minimum Gasteiger partial charge on any atom is -0.508 e. The first-order valence-electron chi connectivity index (χ1n) is 4.45. The number of urea groups is 1. The Labute approximate surface area is 83.2 Å². The van der Waals surface area contributed by atoms with Crippen LogP contribution in [0.25, 0.3) is 0 Å². The molecule has 0 aliphatic rings. The summed E-state index contributed by atoms with van der Waals surface area (Å²) >= 11 is 0. The maximum absolute atomic E-state index is 11.4. The summed E-state index contributed by atoms with van der Waals surface area (Å²) in [6.07, 6.45) is 0. The minimum atomic E-state index is -0.154. The van der Waals surface area contributed by atoms with Gasteiger partial charge in [0.25, 0.3) is 0 Å². The van der Waals surface area contributed by atoms with Crippen molar-refractivity contribution in [2.24, 2.45) is 0 Å². The topological polar surface area (TPSA) is 52.6 Å². The summed E-state index contributed by atoms with van der Waals surface area (Å²) in [4.78, 5) is 12.9. The number of carbonyl (C=O) groups excluding carboxylic acids is 1. The highest BCUT2D eigenvalue weighted by Crippen LogP contribution is 2.16. The quantitative estimate of drug-likeness (QED) is 0.750. The van der Waals surface area contributed by atoms with Crippen LogP contribution >= 0.6 is 0 Å². The van der Waals surface area contributed by atoms with E-state index < -0.39 is 0 Å². The van der Waals surface area contributed by atoms with Crippen molar-refractivity contribution in [2.75, 3.05) is 18.5 Å². The Bertz CT molecular complexity index is 308. The fourth-order valence-corrected chi connectivity index (χ4v) is 1.06. The molecule has 76 valence electrons. The molecule has 1 rings (SSSR count). The first-order valence-corrected chi connectivity index (χ1v) is 4.45. The monoisotopic (exact) mass is 194 g/mol. The number of hydrogen-bond donors (Lipinski definition) is 2. The second-order valence-electron chi connectivity index (χ2n) is 2.91. The van der Waals surface area contributed by atoms with E-state index in [9.17, 15) is 4.79 Å². The van der Waals surface area contributed by atoms with Crippen LogP contribution in [-0.2, 0) is 0 Å². The number of amides is 2. The molecule has 0 aromatic heterocycles. The van der Waals surface area contributed by atoms with Crippen molar-refractivity contribution in [1.82, 2.24) is 5.32 Å². The molecule has 2 N–H and O–H groups in total. The highest BCUT2D eigenvalue weighted by Gasteiger charge is 2.08. The van der Waals surface area contributed by atoms with Gasteiger partial charge in [-0.2, -0.15) is 0 Å². The number of benzene rings is 1. The molecule has 4 nitrogen and oxygen atoms in total. The predicted molar refractivity (Wildman–Crippen MR) is 55.6 cm³/mol. The summed E-state index contributed by atoms with van der Waals surface area (Å²) < 4.78 is 0. The fourth-order valence-electron chi connectivity index (χ4n) is 1.06. The molecular formula is C10H14N2O2. The second kappa shape index (κ2) is 4.50. The van der Waals surface area contributed by atoms with Gasteiger partial charge in [0.1, 0.15) is 5.75 Å². The van der Waals surface area contributed by atoms with Gasteiger partial charge in [-0.25, -0.2) is 4.79 Å². The molecule has 0 saturated carbocycles. The van der Waals surface area contributed by atoms with Gasteiger partial charge in [0.2, 0.25) is 0 Å². The third kappa shape index (κ3) is 2.39. The van der Waals surface area contributed by atoms with Gasteiger partial charge in [-0.05, 0) is 31.2 Å². The third-order valence-corrected chi connectivity index (χ3v) is 1.87. The van der Waals surface area contributed by atoms with Crippen molar-refractivity contribution >= 4 is 11.7 Å². The molecule has 0 atom stereocenters. The van der Waals surface area contributed by atoms with E-state index in [1.54, 1.807) is 31.3 Å². The average molecular weight is 194 g/mol. The Hall–Kier alpha value is -1.71. The van der Waals surface area contributed by atoms with Gasteiger partial charge in [0, 0.05) is 19.3 Å². The Balaban J connectivity index is 2.73. The highest BCUT2D eigenvalue weighted by atomic mass is 16.3. The van der Waals surface area contributed by atoms with Gasteiger partial charge >= 0.3 is 6.03 Å². The number of anilines is 1. The van der Waals surface area contributed by atoms with E-state index >= 15 is 0 Å². The van der Waals surface area contributed by atoms with E-state index in [2.05, 4.69) is 5.32 Å². The second-order valence-corrected chi connectivity index (χ2v) is 2.91. The molecule has 0 bridgehead atoms. The lowest BCUT2D eigenvalue weighted by atomic mass is 10.3. The van der Waals surface area contributed by atoms with Crippen molar-refractivity contribution in [1.29, 1.82) is 0 Å². The molecule has 0 aliphatic heterocycles. The van der Waals surface area contributed by atoms with E-state index in [0.717, 1.165) is 5.69 Å². The third-order valence-electron chi connectivity index (χ3n) is 1.87.